The van der Waals surface area contributed by atoms with E-state index in [-0.39, 0.29) is 28.6 Å². The van der Waals surface area contributed by atoms with Crippen LogP contribution in [0.3, 0.4) is 0 Å². The molecule has 1 heterocycles. The van der Waals surface area contributed by atoms with E-state index in [9.17, 15) is 15.0 Å². The van der Waals surface area contributed by atoms with Gasteiger partial charge >= 0.3 is 5.97 Å². The summed E-state index contributed by atoms with van der Waals surface area (Å²) in [6.07, 6.45) is 0. The van der Waals surface area contributed by atoms with Crippen LogP contribution in [0.15, 0.2) is 58.8 Å². The van der Waals surface area contributed by atoms with E-state index in [1.54, 1.807) is 19.1 Å². The Hall–Kier alpha value is -3.68. The zero-order valence-electron chi connectivity index (χ0n) is 13.2. The van der Waals surface area contributed by atoms with Gasteiger partial charge in [0.25, 0.3) is 0 Å². The predicted octanol–water partition coefficient (Wildman–Crippen LogP) is 3.71. The number of aromatic nitrogens is 2. The normalized spacial score (nSPS) is 11.1. The second kappa shape index (κ2) is 6.44. The van der Waals surface area contributed by atoms with Gasteiger partial charge in [0.05, 0.1) is 16.9 Å². The number of hydrogen-bond donors (Lipinski definition) is 3. The van der Waals surface area contributed by atoms with Crippen molar-refractivity contribution in [2.24, 2.45) is 10.2 Å². The second-order valence-corrected chi connectivity index (χ2v) is 5.21. The molecule has 3 N–H and O–H groups in total. The number of hydrogen-bond acceptors (Lipinski definition) is 6. The van der Waals surface area contributed by atoms with E-state index >= 15 is 0 Å². The van der Waals surface area contributed by atoms with Crippen molar-refractivity contribution in [3.05, 3.63) is 59.8 Å². The van der Waals surface area contributed by atoms with Crippen molar-refractivity contribution in [1.29, 1.82) is 0 Å². The lowest BCUT2D eigenvalue weighted by atomic mass is 10.2. The van der Waals surface area contributed by atoms with Crippen LogP contribution in [0, 0.1) is 6.92 Å². The van der Waals surface area contributed by atoms with E-state index in [4.69, 9.17) is 5.11 Å². The standard InChI is InChI=1S/C17H14N4O4/c1-10-15(16(23)21(20-10)12-5-3-2-4-6-12)19-18-13-8-7-11(17(24)25)9-14(13)22/h2-9,22-23H,1H3,(H,24,25). The van der Waals surface area contributed by atoms with Crippen LogP contribution in [-0.4, -0.2) is 31.1 Å². The van der Waals surface area contributed by atoms with Crippen LogP contribution in [0.1, 0.15) is 16.1 Å². The van der Waals surface area contributed by atoms with Crippen LogP contribution in [0.2, 0.25) is 0 Å². The second-order valence-electron chi connectivity index (χ2n) is 5.21. The van der Waals surface area contributed by atoms with Gasteiger partial charge in [-0.3, -0.25) is 0 Å². The number of rotatable bonds is 4. The minimum Gasteiger partial charge on any atom is -0.506 e. The van der Waals surface area contributed by atoms with Gasteiger partial charge in [-0.1, -0.05) is 18.2 Å². The first-order valence-electron chi connectivity index (χ1n) is 7.29. The van der Waals surface area contributed by atoms with Crippen molar-refractivity contribution in [3.8, 4) is 17.3 Å². The third-order valence-corrected chi connectivity index (χ3v) is 3.49. The quantitative estimate of drug-likeness (QED) is 0.626. The highest BCUT2D eigenvalue weighted by Gasteiger charge is 2.15. The number of nitrogens with zero attached hydrogens (tertiary/aromatic N) is 4. The summed E-state index contributed by atoms with van der Waals surface area (Å²) in [5.41, 5.74) is 1.29. The summed E-state index contributed by atoms with van der Waals surface area (Å²) < 4.78 is 1.33. The minimum absolute atomic E-state index is 0.0626. The fourth-order valence-electron chi connectivity index (χ4n) is 2.22. The number of azo groups is 1. The summed E-state index contributed by atoms with van der Waals surface area (Å²) in [6, 6.07) is 12.8. The number of phenolic OH excluding ortho intramolecular Hbond substituents is 1. The lowest BCUT2D eigenvalue weighted by Gasteiger charge is -2.02. The van der Waals surface area contributed by atoms with Crippen LogP contribution < -0.4 is 0 Å². The van der Waals surface area contributed by atoms with Crippen molar-refractivity contribution in [2.75, 3.05) is 0 Å². The molecule has 0 aliphatic heterocycles. The molecule has 0 aliphatic rings. The lowest BCUT2D eigenvalue weighted by molar-refractivity contribution is 0.0696. The topological polar surface area (TPSA) is 120 Å². The highest BCUT2D eigenvalue weighted by molar-refractivity contribution is 5.88. The number of carboxylic acid groups (broad SMARTS) is 1. The van der Waals surface area contributed by atoms with Crippen LogP contribution in [-0.2, 0) is 0 Å². The lowest BCUT2D eigenvalue weighted by Crippen LogP contribution is -1.95. The predicted molar refractivity (Wildman–Crippen MR) is 89.2 cm³/mol. The van der Waals surface area contributed by atoms with Gasteiger partial charge < -0.3 is 15.3 Å². The van der Waals surface area contributed by atoms with Crippen molar-refractivity contribution in [2.45, 2.75) is 6.92 Å². The maximum absolute atomic E-state index is 10.9. The van der Waals surface area contributed by atoms with Gasteiger partial charge in [0, 0.05) is 0 Å². The molecule has 0 saturated carbocycles. The van der Waals surface area contributed by atoms with E-state index in [2.05, 4.69) is 15.3 Å². The molecule has 1 aromatic heterocycles. The average Bonchev–Trinajstić information content (AvgIpc) is 2.89. The Morgan fingerprint density at radius 1 is 1.08 bits per heavy atom. The molecular formula is C17H14N4O4. The molecule has 0 bridgehead atoms. The Morgan fingerprint density at radius 2 is 1.80 bits per heavy atom. The van der Waals surface area contributed by atoms with Gasteiger partial charge in [-0.25, -0.2) is 4.79 Å². The van der Waals surface area contributed by atoms with E-state index in [1.807, 2.05) is 18.2 Å². The Kier molecular flexibility index (Phi) is 4.17. The van der Waals surface area contributed by atoms with Gasteiger partial charge in [0.1, 0.15) is 11.4 Å². The fraction of sp³-hybridized carbons (Fsp3) is 0.0588. The van der Waals surface area contributed by atoms with E-state index < -0.39 is 5.97 Å². The number of benzene rings is 2. The average molecular weight is 338 g/mol. The Morgan fingerprint density at radius 3 is 2.44 bits per heavy atom. The molecule has 3 aromatic rings. The van der Waals surface area contributed by atoms with Crippen LogP contribution in [0.25, 0.3) is 5.69 Å². The van der Waals surface area contributed by atoms with Crippen molar-refractivity contribution >= 4 is 17.3 Å². The third-order valence-electron chi connectivity index (χ3n) is 3.49. The van der Waals surface area contributed by atoms with Crippen LogP contribution >= 0.6 is 0 Å². The molecule has 126 valence electrons. The molecular weight excluding hydrogens is 324 g/mol. The Balaban J connectivity index is 1.95. The van der Waals surface area contributed by atoms with Crippen molar-refractivity contribution in [3.63, 3.8) is 0 Å². The monoisotopic (exact) mass is 338 g/mol. The highest BCUT2D eigenvalue weighted by atomic mass is 16.4. The first-order valence-corrected chi connectivity index (χ1v) is 7.29. The highest BCUT2D eigenvalue weighted by Crippen LogP contribution is 2.35. The maximum Gasteiger partial charge on any atom is 0.335 e. The molecule has 25 heavy (non-hydrogen) atoms. The largest absolute Gasteiger partial charge is 0.506 e. The molecule has 0 saturated heterocycles. The summed E-state index contributed by atoms with van der Waals surface area (Å²) >= 11 is 0. The number of carbonyl (C=O) groups is 1. The van der Waals surface area contributed by atoms with E-state index in [0.29, 0.717) is 11.4 Å². The summed E-state index contributed by atoms with van der Waals surface area (Å²) in [6.45, 7) is 1.67. The SMILES string of the molecule is Cc1nn(-c2ccccc2)c(O)c1N=Nc1ccc(C(=O)O)cc1O. The third kappa shape index (κ3) is 3.18. The number of para-hydroxylation sites is 1. The summed E-state index contributed by atoms with van der Waals surface area (Å²) in [4.78, 5) is 10.9. The molecule has 8 heteroatoms. The zero-order valence-corrected chi connectivity index (χ0v) is 13.2. The maximum atomic E-state index is 10.9. The van der Waals surface area contributed by atoms with Gasteiger partial charge in [-0.15, -0.1) is 10.2 Å². The van der Waals surface area contributed by atoms with E-state index in [0.717, 1.165) is 6.07 Å². The van der Waals surface area contributed by atoms with E-state index in [1.165, 1.54) is 16.8 Å². The Bertz CT molecular complexity index is 964. The van der Waals surface area contributed by atoms with Gasteiger partial charge in [0.15, 0.2) is 5.69 Å². The first-order chi connectivity index (χ1) is 12.0. The summed E-state index contributed by atoms with van der Waals surface area (Å²) in [5.74, 6) is -1.67. The van der Waals surface area contributed by atoms with Crippen molar-refractivity contribution in [1.82, 2.24) is 9.78 Å². The number of aromatic hydroxyl groups is 2. The smallest absolute Gasteiger partial charge is 0.335 e. The van der Waals surface area contributed by atoms with Gasteiger partial charge in [0.2, 0.25) is 5.88 Å². The Labute approximate surface area is 142 Å². The van der Waals surface area contributed by atoms with Gasteiger partial charge in [-0.05, 0) is 37.3 Å². The molecule has 0 spiro atoms. The summed E-state index contributed by atoms with van der Waals surface area (Å²) in [5, 5.41) is 41.1. The number of carboxylic acids is 1. The number of aryl methyl sites for hydroxylation is 1. The minimum atomic E-state index is -1.16. The molecule has 0 aliphatic carbocycles. The fourth-order valence-corrected chi connectivity index (χ4v) is 2.22. The summed E-state index contributed by atoms with van der Waals surface area (Å²) in [7, 11) is 0. The molecule has 0 amide bonds. The molecule has 2 aromatic carbocycles. The van der Waals surface area contributed by atoms with Crippen LogP contribution in [0.4, 0.5) is 11.4 Å². The van der Waals surface area contributed by atoms with Crippen LogP contribution in [0.5, 0.6) is 11.6 Å². The molecule has 0 unspecified atom stereocenters. The molecule has 0 atom stereocenters. The zero-order chi connectivity index (χ0) is 18.0. The molecule has 0 fully saturated rings. The number of phenols is 1. The molecule has 8 nitrogen and oxygen atoms in total. The molecule has 3 rings (SSSR count). The first kappa shape index (κ1) is 16.2. The number of aromatic carboxylic acids is 1. The van der Waals surface area contributed by atoms with Crippen molar-refractivity contribution < 1.29 is 20.1 Å². The molecule has 0 radical (unpaired) electrons. The van der Waals surface area contributed by atoms with Gasteiger partial charge in [-0.2, -0.15) is 9.78 Å².